The Hall–Kier alpha value is -6.88. The standard InChI is InChI=1S/C52H33N3S/c1-3-15-35(16-4-1)39-19-7-8-22-42(39)51-54-49(36-17-5-2-6-18-36)53-50(55-51)37-29-27-34(28-30-37)38-31-32-46-48(33-38)56-47-26-14-13-25-45(47)52(46)43-23-11-9-20-40(43)41-21-10-12-24-44(41)52/h1-33H. The zero-order chi connectivity index (χ0) is 37.1. The molecule has 0 saturated heterocycles. The summed E-state index contributed by atoms with van der Waals surface area (Å²) in [6.45, 7) is 0. The van der Waals surface area contributed by atoms with Gasteiger partial charge in [0.25, 0.3) is 0 Å². The molecule has 0 bridgehead atoms. The highest BCUT2D eigenvalue weighted by molar-refractivity contribution is 7.99. The highest BCUT2D eigenvalue weighted by Crippen LogP contribution is 2.62. The molecule has 3 nitrogen and oxygen atoms in total. The molecule has 4 heteroatoms. The third-order valence-corrected chi connectivity index (χ3v) is 12.4. The number of benzene rings is 8. The van der Waals surface area contributed by atoms with Gasteiger partial charge in [0.1, 0.15) is 0 Å². The molecule has 0 fully saturated rings. The molecule has 1 aliphatic heterocycles. The van der Waals surface area contributed by atoms with Gasteiger partial charge < -0.3 is 0 Å². The second-order valence-electron chi connectivity index (χ2n) is 14.3. The van der Waals surface area contributed by atoms with E-state index in [-0.39, 0.29) is 5.41 Å². The molecule has 0 unspecified atom stereocenters. The summed E-state index contributed by atoms with van der Waals surface area (Å²) in [5.74, 6) is 1.93. The van der Waals surface area contributed by atoms with Crippen molar-refractivity contribution in [2.75, 3.05) is 0 Å². The number of hydrogen-bond acceptors (Lipinski definition) is 4. The van der Waals surface area contributed by atoms with Crippen LogP contribution < -0.4 is 0 Å². The topological polar surface area (TPSA) is 38.7 Å². The van der Waals surface area contributed by atoms with Crippen molar-refractivity contribution in [3.05, 3.63) is 222 Å². The first-order valence-corrected chi connectivity index (χ1v) is 19.8. The molecule has 262 valence electrons. The van der Waals surface area contributed by atoms with Gasteiger partial charge in [-0.1, -0.05) is 200 Å². The van der Waals surface area contributed by atoms with E-state index in [0.717, 1.165) is 33.4 Å². The smallest absolute Gasteiger partial charge is 0.164 e. The van der Waals surface area contributed by atoms with Gasteiger partial charge >= 0.3 is 0 Å². The average molecular weight is 732 g/mol. The van der Waals surface area contributed by atoms with Gasteiger partial charge in [-0.25, -0.2) is 15.0 Å². The van der Waals surface area contributed by atoms with Crippen molar-refractivity contribution in [3.8, 4) is 67.5 Å². The Morgan fingerprint density at radius 2 is 0.732 bits per heavy atom. The van der Waals surface area contributed by atoms with Gasteiger partial charge in [0.2, 0.25) is 0 Å². The Morgan fingerprint density at radius 1 is 0.286 bits per heavy atom. The first-order valence-electron chi connectivity index (χ1n) is 18.9. The van der Waals surface area contributed by atoms with E-state index >= 15 is 0 Å². The lowest BCUT2D eigenvalue weighted by molar-refractivity contribution is 0.722. The Morgan fingerprint density at radius 3 is 1.39 bits per heavy atom. The Labute approximate surface area is 330 Å². The molecule has 1 aliphatic carbocycles. The van der Waals surface area contributed by atoms with Crippen LogP contribution >= 0.6 is 11.8 Å². The van der Waals surface area contributed by atoms with Crippen molar-refractivity contribution in [1.82, 2.24) is 15.0 Å². The third-order valence-electron chi connectivity index (χ3n) is 11.2. The average Bonchev–Trinajstić information content (AvgIpc) is 3.57. The van der Waals surface area contributed by atoms with Crippen LogP contribution in [0.4, 0.5) is 0 Å². The maximum atomic E-state index is 5.12. The van der Waals surface area contributed by atoms with Crippen LogP contribution in [-0.4, -0.2) is 15.0 Å². The van der Waals surface area contributed by atoms with Crippen LogP contribution in [0, 0.1) is 0 Å². The number of nitrogens with zero attached hydrogens (tertiary/aromatic N) is 3. The van der Waals surface area contributed by atoms with Gasteiger partial charge in [0.05, 0.1) is 5.41 Å². The maximum Gasteiger partial charge on any atom is 0.164 e. The normalized spacial score (nSPS) is 13.1. The molecule has 2 aliphatic rings. The maximum absolute atomic E-state index is 5.12. The molecule has 0 atom stereocenters. The highest BCUT2D eigenvalue weighted by Gasteiger charge is 2.50. The van der Waals surface area contributed by atoms with Gasteiger partial charge in [-0.3, -0.25) is 0 Å². The van der Waals surface area contributed by atoms with Gasteiger partial charge in [0, 0.05) is 26.5 Å². The first-order chi connectivity index (χ1) is 27.8. The Bertz CT molecular complexity index is 2890. The monoisotopic (exact) mass is 731 g/mol. The molecular weight excluding hydrogens is 699 g/mol. The highest BCUT2D eigenvalue weighted by atomic mass is 32.2. The zero-order valence-electron chi connectivity index (χ0n) is 30.3. The summed E-state index contributed by atoms with van der Waals surface area (Å²) in [4.78, 5) is 17.8. The van der Waals surface area contributed by atoms with Crippen molar-refractivity contribution in [1.29, 1.82) is 0 Å². The summed E-state index contributed by atoms with van der Waals surface area (Å²) in [6.07, 6.45) is 0. The van der Waals surface area contributed by atoms with Gasteiger partial charge in [0.15, 0.2) is 17.5 Å². The number of fused-ring (bicyclic) bond motifs is 9. The van der Waals surface area contributed by atoms with E-state index in [1.54, 1.807) is 0 Å². The van der Waals surface area contributed by atoms with E-state index in [4.69, 9.17) is 15.0 Å². The fourth-order valence-corrected chi connectivity index (χ4v) is 9.97. The van der Waals surface area contributed by atoms with E-state index in [1.165, 1.54) is 48.7 Å². The molecule has 11 rings (SSSR count). The molecule has 2 heterocycles. The summed E-state index contributed by atoms with van der Waals surface area (Å²) < 4.78 is 0. The largest absolute Gasteiger partial charge is 0.208 e. The van der Waals surface area contributed by atoms with Crippen LogP contribution in [0.15, 0.2) is 210 Å². The van der Waals surface area contributed by atoms with Crippen LogP contribution in [0.3, 0.4) is 0 Å². The van der Waals surface area contributed by atoms with Crippen LogP contribution in [0.2, 0.25) is 0 Å². The van der Waals surface area contributed by atoms with Crippen LogP contribution in [0.25, 0.3) is 67.5 Å². The van der Waals surface area contributed by atoms with E-state index in [9.17, 15) is 0 Å². The van der Waals surface area contributed by atoms with Crippen molar-refractivity contribution in [2.45, 2.75) is 15.2 Å². The second kappa shape index (κ2) is 13.2. The van der Waals surface area contributed by atoms with Gasteiger partial charge in [-0.2, -0.15) is 0 Å². The third kappa shape index (κ3) is 5.10. The van der Waals surface area contributed by atoms with Crippen molar-refractivity contribution in [3.63, 3.8) is 0 Å². The first kappa shape index (κ1) is 32.5. The van der Waals surface area contributed by atoms with E-state index in [2.05, 4.69) is 170 Å². The summed E-state index contributed by atoms with van der Waals surface area (Å²) in [5, 5.41) is 0. The van der Waals surface area contributed by atoms with Crippen molar-refractivity contribution in [2.24, 2.45) is 0 Å². The fraction of sp³-hybridized carbons (Fsp3) is 0.0192. The second-order valence-corrected chi connectivity index (χ2v) is 15.4. The summed E-state index contributed by atoms with van der Waals surface area (Å²) in [6, 6.07) is 71.5. The predicted molar refractivity (Wildman–Crippen MR) is 228 cm³/mol. The predicted octanol–water partition coefficient (Wildman–Crippen LogP) is 13.0. The lowest BCUT2D eigenvalue weighted by Crippen LogP contribution is -2.31. The minimum atomic E-state index is -0.376. The van der Waals surface area contributed by atoms with Crippen LogP contribution in [0.1, 0.15) is 22.3 Å². The lowest BCUT2D eigenvalue weighted by atomic mass is 9.67. The summed E-state index contributed by atoms with van der Waals surface area (Å²) in [7, 11) is 0. The molecule has 0 amide bonds. The van der Waals surface area contributed by atoms with Gasteiger partial charge in [-0.15, -0.1) is 0 Å². The van der Waals surface area contributed by atoms with E-state index in [1.807, 2.05) is 42.1 Å². The Balaban J connectivity index is 1.01. The molecule has 1 spiro atoms. The van der Waals surface area contributed by atoms with Crippen LogP contribution in [-0.2, 0) is 5.41 Å². The molecule has 1 aromatic heterocycles. The number of aromatic nitrogens is 3. The molecular formula is C52H33N3S. The van der Waals surface area contributed by atoms with E-state index in [0.29, 0.717) is 17.5 Å². The van der Waals surface area contributed by atoms with Crippen LogP contribution in [0.5, 0.6) is 0 Å². The SMILES string of the molecule is c1ccc(-c2nc(-c3ccc(-c4ccc5c(c4)Sc4ccccc4C54c5ccccc5-c5ccccc54)cc3)nc(-c3ccccc3-c3ccccc3)n2)cc1. The minimum absolute atomic E-state index is 0.376. The quantitative estimate of drug-likeness (QED) is 0.177. The summed E-state index contributed by atoms with van der Waals surface area (Å²) >= 11 is 1.87. The minimum Gasteiger partial charge on any atom is -0.208 e. The molecule has 0 radical (unpaired) electrons. The molecule has 9 aromatic rings. The molecule has 0 N–H and O–H groups in total. The Kier molecular flexibility index (Phi) is 7.64. The molecule has 56 heavy (non-hydrogen) atoms. The lowest BCUT2D eigenvalue weighted by Gasteiger charge is -2.39. The van der Waals surface area contributed by atoms with Crippen molar-refractivity contribution >= 4 is 11.8 Å². The van der Waals surface area contributed by atoms with E-state index < -0.39 is 0 Å². The fourth-order valence-electron chi connectivity index (χ4n) is 8.74. The van der Waals surface area contributed by atoms with Crippen molar-refractivity contribution < 1.29 is 0 Å². The number of hydrogen-bond donors (Lipinski definition) is 0. The molecule has 8 aromatic carbocycles. The summed E-state index contributed by atoms with van der Waals surface area (Å²) in [5.41, 5.74) is 15.0. The van der Waals surface area contributed by atoms with Gasteiger partial charge in [-0.05, 0) is 67.8 Å². The molecule has 0 saturated carbocycles. The number of rotatable bonds is 5. The zero-order valence-corrected chi connectivity index (χ0v) is 31.1.